The summed E-state index contributed by atoms with van der Waals surface area (Å²) >= 11 is 0. The van der Waals surface area contributed by atoms with Gasteiger partial charge in [-0.05, 0) is 29.3 Å². The van der Waals surface area contributed by atoms with Crippen LogP contribution in [0.3, 0.4) is 0 Å². The summed E-state index contributed by atoms with van der Waals surface area (Å²) in [6, 6.07) is 31.1. The molecular formula is C28H18F3N3O3S. The van der Waals surface area contributed by atoms with Crippen molar-refractivity contribution in [2.45, 2.75) is 5.51 Å². The number of rotatable bonds is 6. The van der Waals surface area contributed by atoms with Crippen LogP contribution in [-0.4, -0.2) is 28.9 Å². The number of halogens is 3. The minimum atomic E-state index is -5.85. The van der Waals surface area contributed by atoms with Crippen molar-refractivity contribution in [3.8, 4) is 51.0 Å². The maximum absolute atomic E-state index is 13.0. The van der Waals surface area contributed by atoms with E-state index in [-0.39, 0.29) is 5.82 Å². The van der Waals surface area contributed by atoms with Gasteiger partial charge in [-0.1, -0.05) is 91.0 Å². The largest absolute Gasteiger partial charge is 0.534 e. The lowest BCUT2D eigenvalue weighted by Gasteiger charge is -2.14. The molecule has 0 fully saturated rings. The molecule has 6 nitrogen and oxygen atoms in total. The van der Waals surface area contributed by atoms with Crippen molar-refractivity contribution in [3.63, 3.8) is 0 Å². The van der Waals surface area contributed by atoms with E-state index in [1.807, 2.05) is 60.7 Å². The van der Waals surface area contributed by atoms with Gasteiger partial charge in [-0.3, -0.25) is 0 Å². The van der Waals surface area contributed by atoms with Crippen LogP contribution < -0.4 is 4.18 Å². The topological polar surface area (TPSA) is 82.0 Å². The van der Waals surface area contributed by atoms with Crippen molar-refractivity contribution in [1.29, 1.82) is 0 Å². The third-order valence-electron chi connectivity index (χ3n) is 5.51. The molecule has 0 aliphatic rings. The molecule has 0 aliphatic carbocycles. The van der Waals surface area contributed by atoms with Gasteiger partial charge in [0.1, 0.15) is 5.75 Å². The number of hydrogen-bond donors (Lipinski definition) is 0. The summed E-state index contributed by atoms with van der Waals surface area (Å²) in [5.41, 5.74) is -2.66. The van der Waals surface area contributed by atoms with Crippen LogP contribution in [0.5, 0.6) is 5.75 Å². The Labute approximate surface area is 216 Å². The van der Waals surface area contributed by atoms with Gasteiger partial charge in [0, 0.05) is 16.7 Å². The minimum Gasteiger partial charge on any atom is -0.376 e. The van der Waals surface area contributed by atoms with Gasteiger partial charge in [0.15, 0.2) is 17.5 Å². The van der Waals surface area contributed by atoms with E-state index in [4.69, 9.17) is 0 Å². The SMILES string of the molecule is O=S(=O)(Oc1ccc(-c2nc(-c3ccccc3)nc(-c3ccccc3)n2)c(-c2ccccc2)c1)C(F)(F)F. The van der Waals surface area contributed by atoms with Gasteiger partial charge in [-0.2, -0.15) is 21.6 Å². The van der Waals surface area contributed by atoms with Gasteiger partial charge in [0.2, 0.25) is 0 Å². The predicted octanol–water partition coefficient (Wildman–Crippen LogP) is 6.77. The zero-order valence-corrected chi connectivity index (χ0v) is 20.3. The molecule has 10 heteroatoms. The Hall–Kier alpha value is -4.57. The van der Waals surface area contributed by atoms with E-state index < -0.39 is 21.4 Å². The van der Waals surface area contributed by atoms with Crippen LogP contribution in [0.25, 0.3) is 45.3 Å². The Morgan fingerprint density at radius 2 is 1.00 bits per heavy atom. The summed E-state index contributed by atoms with van der Waals surface area (Å²) in [7, 11) is -5.85. The molecule has 5 aromatic rings. The van der Waals surface area contributed by atoms with Gasteiger partial charge in [0.25, 0.3) is 0 Å². The molecule has 0 unspecified atom stereocenters. The van der Waals surface area contributed by atoms with Crippen LogP contribution in [0.4, 0.5) is 13.2 Å². The summed E-state index contributed by atoms with van der Waals surface area (Å²) in [5.74, 6) is 0.550. The first kappa shape index (κ1) is 25.1. The lowest BCUT2D eigenvalue weighted by Crippen LogP contribution is -2.28. The second-order valence-electron chi connectivity index (χ2n) is 8.09. The quantitative estimate of drug-likeness (QED) is 0.177. The summed E-state index contributed by atoms with van der Waals surface area (Å²) in [5, 5.41) is 0. The molecule has 0 radical (unpaired) electrons. The van der Waals surface area contributed by atoms with Gasteiger partial charge < -0.3 is 4.18 Å². The molecular weight excluding hydrogens is 515 g/mol. The fraction of sp³-hybridized carbons (Fsp3) is 0.0357. The zero-order valence-electron chi connectivity index (χ0n) is 19.5. The van der Waals surface area contributed by atoms with Crippen LogP contribution >= 0.6 is 0 Å². The first-order valence-electron chi connectivity index (χ1n) is 11.3. The lowest BCUT2D eigenvalue weighted by atomic mass is 9.98. The molecule has 5 rings (SSSR count). The standard InChI is InChI=1S/C28H18F3N3O3S/c29-28(30,31)38(35,36)37-22-16-17-23(24(18-22)19-10-4-1-5-11-19)27-33-25(20-12-6-2-7-13-20)32-26(34-27)21-14-8-3-9-15-21/h1-18H. The maximum atomic E-state index is 13.0. The van der Waals surface area contributed by atoms with Crippen molar-refractivity contribution >= 4 is 10.1 Å². The molecule has 1 heterocycles. The Kier molecular flexibility index (Phi) is 6.64. The highest BCUT2D eigenvalue weighted by molar-refractivity contribution is 7.88. The van der Waals surface area contributed by atoms with Crippen LogP contribution in [0, 0.1) is 0 Å². The van der Waals surface area contributed by atoms with E-state index in [0.29, 0.717) is 28.3 Å². The molecule has 4 aromatic carbocycles. The van der Waals surface area contributed by atoms with Gasteiger partial charge in [0.05, 0.1) is 0 Å². The van der Waals surface area contributed by atoms with Crippen molar-refractivity contribution in [1.82, 2.24) is 15.0 Å². The van der Waals surface area contributed by atoms with Crippen molar-refractivity contribution in [2.24, 2.45) is 0 Å². The second-order valence-corrected chi connectivity index (χ2v) is 9.63. The number of alkyl halides is 3. The molecule has 0 saturated heterocycles. The number of aromatic nitrogens is 3. The summed E-state index contributed by atoms with van der Waals surface area (Å²) in [6.07, 6.45) is 0. The second kappa shape index (κ2) is 10.1. The Morgan fingerprint density at radius 3 is 1.47 bits per heavy atom. The minimum absolute atomic E-state index is 0.252. The number of nitrogens with zero attached hydrogens (tertiary/aromatic N) is 3. The normalized spacial score (nSPS) is 11.8. The highest BCUT2D eigenvalue weighted by atomic mass is 32.2. The maximum Gasteiger partial charge on any atom is 0.534 e. The highest BCUT2D eigenvalue weighted by Crippen LogP contribution is 2.36. The van der Waals surface area contributed by atoms with Gasteiger partial charge in [-0.15, -0.1) is 0 Å². The molecule has 0 N–H and O–H groups in total. The predicted molar refractivity (Wildman–Crippen MR) is 137 cm³/mol. The molecule has 1 aromatic heterocycles. The Morgan fingerprint density at radius 1 is 0.553 bits per heavy atom. The van der Waals surface area contributed by atoms with Crippen molar-refractivity contribution in [2.75, 3.05) is 0 Å². The average Bonchev–Trinajstić information content (AvgIpc) is 2.93. The molecule has 0 atom stereocenters. The van der Waals surface area contributed by atoms with E-state index >= 15 is 0 Å². The van der Waals surface area contributed by atoms with E-state index in [0.717, 1.165) is 17.2 Å². The summed E-state index contributed by atoms with van der Waals surface area (Å²) in [6.45, 7) is 0. The van der Waals surface area contributed by atoms with Crippen molar-refractivity contribution in [3.05, 3.63) is 109 Å². The van der Waals surface area contributed by atoms with E-state index in [2.05, 4.69) is 19.1 Å². The van der Waals surface area contributed by atoms with E-state index in [1.54, 1.807) is 30.3 Å². The average molecular weight is 534 g/mol. The van der Waals surface area contributed by atoms with Crippen LogP contribution in [0.1, 0.15) is 0 Å². The van der Waals surface area contributed by atoms with Crippen molar-refractivity contribution < 1.29 is 25.8 Å². The molecule has 38 heavy (non-hydrogen) atoms. The molecule has 0 spiro atoms. The Bertz CT molecular complexity index is 1620. The van der Waals surface area contributed by atoms with Gasteiger partial charge >= 0.3 is 15.6 Å². The third-order valence-corrected chi connectivity index (χ3v) is 6.48. The summed E-state index contributed by atoms with van der Waals surface area (Å²) in [4.78, 5) is 14.0. The molecule has 0 amide bonds. The number of benzene rings is 4. The zero-order chi connectivity index (χ0) is 26.8. The molecule has 0 bridgehead atoms. The highest BCUT2D eigenvalue weighted by Gasteiger charge is 2.48. The fourth-order valence-electron chi connectivity index (χ4n) is 3.73. The lowest BCUT2D eigenvalue weighted by molar-refractivity contribution is -0.0500. The fourth-order valence-corrected chi connectivity index (χ4v) is 4.18. The van der Waals surface area contributed by atoms with Crippen LogP contribution in [0.2, 0.25) is 0 Å². The Balaban J connectivity index is 1.71. The third kappa shape index (κ3) is 5.25. The molecule has 0 saturated carbocycles. The first-order chi connectivity index (χ1) is 18.2. The first-order valence-corrected chi connectivity index (χ1v) is 12.7. The smallest absolute Gasteiger partial charge is 0.376 e. The van der Waals surface area contributed by atoms with Crippen LogP contribution in [0.15, 0.2) is 109 Å². The van der Waals surface area contributed by atoms with Crippen LogP contribution in [-0.2, 0) is 10.1 Å². The van der Waals surface area contributed by atoms with E-state index in [1.165, 1.54) is 12.1 Å². The number of hydrogen-bond acceptors (Lipinski definition) is 6. The molecule has 0 aliphatic heterocycles. The van der Waals surface area contributed by atoms with Gasteiger partial charge in [-0.25, -0.2) is 15.0 Å². The monoisotopic (exact) mass is 533 g/mol. The summed E-state index contributed by atoms with van der Waals surface area (Å²) < 4.78 is 66.6. The van der Waals surface area contributed by atoms with E-state index in [9.17, 15) is 21.6 Å². The molecule has 190 valence electrons.